The second-order valence-corrected chi connectivity index (χ2v) is 5.49. The van der Waals surface area contributed by atoms with E-state index in [2.05, 4.69) is 6.58 Å². The Balaban J connectivity index is 2.55. The molecule has 0 unspecified atom stereocenters. The topological polar surface area (TPSA) is 144 Å². The molecule has 0 radical (unpaired) electrons. The molecule has 1 aromatic rings. The molecule has 0 bridgehead atoms. The van der Waals surface area contributed by atoms with Gasteiger partial charge in [-0.15, -0.1) is 6.58 Å². The van der Waals surface area contributed by atoms with E-state index in [1.807, 2.05) is 0 Å². The SMILES string of the molecule is C=CCN1C(=O)S/C(=C/c2cc([N+](=O)[O-])cc([N+](=O)[O-])c2O)C1=O. The number of hydrogen-bond donors (Lipinski definition) is 1. The normalized spacial score (nSPS) is 15.8. The van der Waals surface area contributed by atoms with Gasteiger partial charge in [0.2, 0.25) is 5.75 Å². The number of aromatic hydroxyl groups is 1. The molecule has 1 heterocycles. The van der Waals surface area contributed by atoms with E-state index in [-0.39, 0.29) is 17.0 Å². The van der Waals surface area contributed by atoms with Crippen LogP contribution in [-0.2, 0) is 4.79 Å². The Bertz CT molecular complexity index is 818. The van der Waals surface area contributed by atoms with Crippen molar-refractivity contribution in [2.75, 3.05) is 6.54 Å². The Morgan fingerprint density at radius 3 is 2.46 bits per heavy atom. The van der Waals surface area contributed by atoms with Gasteiger partial charge in [-0.3, -0.25) is 34.7 Å². The quantitative estimate of drug-likeness (QED) is 0.368. The van der Waals surface area contributed by atoms with E-state index in [0.29, 0.717) is 17.8 Å². The van der Waals surface area contributed by atoms with Gasteiger partial charge in [0.1, 0.15) is 0 Å². The molecule has 1 N–H and O–H groups in total. The Labute approximate surface area is 138 Å². The first kappa shape index (κ1) is 17.1. The summed E-state index contributed by atoms with van der Waals surface area (Å²) < 4.78 is 0. The Morgan fingerprint density at radius 1 is 1.25 bits per heavy atom. The molecule has 10 nitrogen and oxygen atoms in total. The summed E-state index contributed by atoms with van der Waals surface area (Å²) in [7, 11) is 0. The van der Waals surface area contributed by atoms with Crippen molar-refractivity contribution in [1.82, 2.24) is 4.90 Å². The average Bonchev–Trinajstić information content (AvgIpc) is 2.76. The van der Waals surface area contributed by atoms with Crippen LogP contribution >= 0.6 is 11.8 Å². The molecule has 11 heteroatoms. The largest absolute Gasteiger partial charge is 0.502 e. The third-order valence-corrected chi connectivity index (χ3v) is 3.89. The van der Waals surface area contributed by atoms with E-state index in [4.69, 9.17) is 0 Å². The molecule has 1 aromatic carbocycles. The van der Waals surface area contributed by atoms with E-state index >= 15 is 0 Å². The Kier molecular flexibility index (Phi) is 4.64. The van der Waals surface area contributed by atoms with Crippen molar-refractivity contribution in [3.8, 4) is 5.75 Å². The van der Waals surface area contributed by atoms with Crippen molar-refractivity contribution in [2.24, 2.45) is 0 Å². The van der Waals surface area contributed by atoms with Crippen molar-refractivity contribution in [1.29, 1.82) is 0 Å². The number of amides is 2. The highest BCUT2D eigenvalue weighted by atomic mass is 32.2. The first-order valence-electron chi connectivity index (χ1n) is 6.28. The minimum absolute atomic E-state index is 0.0247. The summed E-state index contributed by atoms with van der Waals surface area (Å²) in [6.07, 6.45) is 2.35. The van der Waals surface area contributed by atoms with Crippen LogP contribution in [0.1, 0.15) is 5.56 Å². The zero-order valence-electron chi connectivity index (χ0n) is 11.9. The number of nitrogens with zero attached hydrogens (tertiary/aromatic N) is 3. The summed E-state index contributed by atoms with van der Waals surface area (Å²) >= 11 is 0.554. The number of carbonyl (C=O) groups excluding carboxylic acids is 2. The van der Waals surface area contributed by atoms with E-state index in [1.165, 1.54) is 6.08 Å². The highest BCUT2D eigenvalue weighted by Gasteiger charge is 2.35. The van der Waals surface area contributed by atoms with Gasteiger partial charge in [-0.25, -0.2) is 0 Å². The molecule has 0 saturated carbocycles. The van der Waals surface area contributed by atoms with Crippen LogP contribution in [0.2, 0.25) is 0 Å². The number of nitro groups is 2. The maximum absolute atomic E-state index is 12.1. The third kappa shape index (κ3) is 3.10. The second kappa shape index (κ2) is 6.50. The van der Waals surface area contributed by atoms with Gasteiger partial charge in [0.05, 0.1) is 20.8 Å². The zero-order chi connectivity index (χ0) is 18.0. The fourth-order valence-electron chi connectivity index (χ4n) is 1.91. The number of non-ortho nitro benzene ring substituents is 1. The first-order chi connectivity index (χ1) is 11.3. The lowest BCUT2D eigenvalue weighted by Gasteiger charge is -2.07. The molecule has 0 aromatic heterocycles. The van der Waals surface area contributed by atoms with Crippen LogP contribution < -0.4 is 0 Å². The fraction of sp³-hybridized carbons (Fsp3) is 0.0769. The fourth-order valence-corrected chi connectivity index (χ4v) is 2.75. The molecule has 1 fully saturated rings. The molecule has 1 aliphatic heterocycles. The van der Waals surface area contributed by atoms with Gasteiger partial charge in [0, 0.05) is 18.2 Å². The molecule has 1 aliphatic rings. The predicted octanol–water partition coefficient (Wildman–Crippen LogP) is 2.43. The van der Waals surface area contributed by atoms with Gasteiger partial charge in [0.25, 0.3) is 16.8 Å². The number of phenolic OH excluding ortho intramolecular Hbond substituents is 1. The maximum Gasteiger partial charge on any atom is 0.318 e. The number of rotatable bonds is 5. The van der Waals surface area contributed by atoms with Crippen LogP contribution in [0.15, 0.2) is 29.7 Å². The molecular weight excluding hydrogens is 342 g/mol. The molecule has 2 amide bonds. The number of hydrogen-bond acceptors (Lipinski definition) is 8. The predicted molar refractivity (Wildman–Crippen MR) is 84.3 cm³/mol. The minimum atomic E-state index is -0.983. The number of benzene rings is 1. The molecule has 24 heavy (non-hydrogen) atoms. The Morgan fingerprint density at radius 2 is 1.92 bits per heavy atom. The highest BCUT2D eigenvalue weighted by Crippen LogP contribution is 2.38. The summed E-state index contributed by atoms with van der Waals surface area (Å²) in [5.74, 6) is -1.51. The van der Waals surface area contributed by atoms with Crippen LogP contribution in [0.4, 0.5) is 16.2 Å². The maximum atomic E-state index is 12.1. The van der Waals surface area contributed by atoms with Crippen molar-refractivity contribution in [3.63, 3.8) is 0 Å². The summed E-state index contributed by atoms with van der Waals surface area (Å²) in [6, 6.07) is 1.49. The van der Waals surface area contributed by atoms with Crippen molar-refractivity contribution >= 4 is 40.4 Å². The van der Waals surface area contributed by atoms with E-state index in [0.717, 1.165) is 17.0 Å². The van der Waals surface area contributed by atoms with E-state index < -0.39 is 38.1 Å². The summed E-state index contributed by atoms with van der Waals surface area (Å²) in [4.78, 5) is 44.5. The average molecular weight is 351 g/mol. The summed E-state index contributed by atoms with van der Waals surface area (Å²) in [5, 5.41) is 31.1. The van der Waals surface area contributed by atoms with Crippen LogP contribution in [-0.4, -0.2) is 37.5 Å². The Hall–Kier alpha value is -3.21. The van der Waals surface area contributed by atoms with Crippen LogP contribution in [0.3, 0.4) is 0 Å². The molecule has 124 valence electrons. The monoisotopic (exact) mass is 351 g/mol. The summed E-state index contributed by atoms with van der Waals surface area (Å²) in [6.45, 7) is 3.39. The highest BCUT2D eigenvalue weighted by molar-refractivity contribution is 8.18. The van der Waals surface area contributed by atoms with E-state index in [1.54, 1.807) is 0 Å². The van der Waals surface area contributed by atoms with Crippen LogP contribution in [0, 0.1) is 20.2 Å². The lowest BCUT2D eigenvalue weighted by atomic mass is 10.1. The van der Waals surface area contributed by atoms with Crippen LogP contribution in [0.5, 0.6) is 5.75 Å². The molecule has 0 spiro atoms. The third-order valence-electron chi connectivity index (χ3n) is 2.98. The minimum Gasteiger partial charge on any atom is -0.502 e. The number of phenols is 1. The van der Waals surface area contributed by atoms with Gasteiger partial charge >= 0.3 is 5.69 Å². The van der Waals surface area contributed by atoms with Gasteiger partial charge in [-0.1, -0.05) is 6.08 Å². The standard InChI is InChI=1S/C13H9N3O7S/c1-2-3-14-12(18)10(24-13(14)19)5-7-4-8(15(20)21)6-9(11(7)17)16(22)23/h2,4-6,17H,1,3H2/b10-5+. The van der Waals surface area contributed by atoms with Gasteiger partial charge in [-0.05, 0) is 17.8 Å². The molecule has 1 saturated heterocycles. The van der Waals surface area contributed by atoms with E-state index in [9.17, 15) is 34.9 Å². The lowest BCUT2D eigenvalue weighted by Crippen LogP contribution is -2.27. The van der Waals surface area contributed by atoms with Gasteiger partial charge < -0.3 is 5.11 Å². The number of nitro benzene ring substituents is 2. The van der Waals surface area contributed by atoms with Crippen LogP contribution in [0.25, 0.3) is 6.08 Å². The molecule has 2 rings (SSSR count). The summed E-state index contributed by atoms with van der Waals surface area (Å²) in [5.41, 5.74) is -1.81. The van der Waals surface area contributed by atoms with Crippen molar-refractivity contribution in [2.45, 2.75) is 0 Å². The first-order valence-corrected chi connectivity index (χ1v) is 7.10. The molecule has 0 aliphatic carbocycles. The van der Waals surface area contributed by atoms with Crippen molar-refractivity contribution in [3.05, 3.63) is 55.5 Å². The number of imide groups is 1. The van der Waals surface area contributed by atoms with Gasteiger partial charge in [-0.2, -0.15) is 0 Å². The number of carbonyl (C=O) groups is 2. The molecule has 0 atom stereocenters. The smallest absolute Gasteiger partial charge is 0.318 e. The zero-order valence-corrected chi connectivity index (χ0v) is 12.7. The molecular formula is C13H9N3O7S. The number of thioether (sulfide) groups is 1. The van der Waals surface area contributed by atoms with Gasteiger partial charge in [0.15, 0.2) is 0 Å². The van der Waals surface area contributed by atoms with Crippen molar-refractivity contribution < 1.29 is 24.5 Å². The second-order valence-electron chi connectivity index (χ2n) is 4.50. The lowest BCUT2D eigenvalue weighted by molar-refractivity contribution is -0.394.